The van der Waals surface area contributed by atoms with E-state index in [0.717, 1.165) is 18.3 Å². The van der Waals surface area contributed by atoms with Gasteiger partial charge < -0.3 is 19.7 Å². The molecule has 1 saturated carbocycles. The number of carbonyl (C=O) groups excluding carboxylic acids is 1. The molecule has 1 aliphatic heterocycles. The second-order valence-electron chi connectivity index (χ2n) is 7.19. The van der Waals surface area contributed by atoms with Gasteiger partial charge in [0.1, 0.15) is 11.5 Å². The van der Waals surface area contributed by atoms with E-state index in [9.17, 15) is 4.79 Å². The molecule has 2 aliphatic rings. The maximum Gasteiger partial charge on any atom is 0.257 e. The highest BCUT2D eigenvalue weighted by Gasteiger charge is 2.27. The van der Waals surface area contributed by atoms with Crippen molar-refractivity contribution in [2.45, 2.75) is 44.6 Å². The lowest BCUT2D eigenvalue weighted by molar-refractivity contribution is -0.123. The van der Waals surface area contributed by atoms with Gasteiger partial charge in [0.25, 0.3) is 5.91 Å². The molecule has 0 spiro atoms. The van der Waals surface area contributed by atoms with E-state index in [1.54, 1.807) is 7.11 Å². The summed E-state index contributed by atoms with van der Waals surface area (Å²) in [4.78, 5) is 14.6. The number of rotatable bonds is 7. The van der Waals surface area contributed by atoms with Gasteiger partial charge in [-0.2, -0.15) is 0 Å². The van der Waals surface area contributed by atoms with Crippen molar-refractivity contribution >= 4 is 5.91 Å². The molecule has 1 N–H and O–H groups in total. The van der Waals surface area contributed by atoms with Crippen LogP contribution in [-0.2, 0) is 4.79 Å². The Kier molecular flexibility index (Phi) is 6.56. The molecular weight excluding hydrogens is 316 g/mol. The minimum Gasteiger partial charge on any atom is -0.497 e. The molecule has 1 aromatic carbocycles. The fourth-order valence-electron chi connectivity index (χ4n) is 3.92. The van der Waals surface area contributed by atoms with Crippen molar-refractivity contribution in [2.75, 3.05) is 33.4 Å². The van der Waals surface area contributed by atoms with Gasteiger partial charge in [-0.15, -0.1) is 0 Å². The average molecular weight is 346 g/mol. The summed E-state index contributed by atoms with van der Waals surface area (Å²) < 4.78 is 10.6. The Labute approximate surface area is 150 Å². The zero-order chi connectivity index (χ0) is 17.5. The third kappa shape index (κ3) is 5.36. The molecule has 25 heavy (non-hydrogen) atoms. The van der Waals surface area contributed by atoms with Gasteiger partial charge in [-0.1, -0.05) is 12.8 Å². The molecule has 5 nitrogen and oxygen atoms in total. The first-order valence-electron chi connectivity index (χ1n) is 9.52. The van der Waals surface area contributed by atoms with E-state index in [2.05, 4.69) is 10.2 Å². The van der Waals surface area contributed by atoms with Crippen LogP contribution in [0.15, 0.2) is 24.3 Å². The normalized spacial score (nSPS) is 19.7. The fraction of sp³-hybridized carbons (Fsp3) is 0.650. The third-order valence-corrected chi connectivity index (χ3v) is 5.51. The standard InChI is InChI=1S/C20H30N2O3/c1-24-18-6-8-19(9-7-18)25-15-20(23)21-14-16-10-12-22(13-11-16)17-4-2-3-5-17/h6-9,16-17H,2-5,10-15H2,1H3,(H,21,23). The number of amides is 1. The molecule has 0 bridgehead atoms. The van der Waals surface area contributed by atoms with Crippen LogP contribution in [0.3, 0.4) is 0 Å². The van der Waals surface area contributed by atoms with Gasteiger partial charge in [0.05, 0.1) is 7.11 Å². The van der Waals surface area contributed by atoms with Crippen LogP contribution in [0.5, 0.6) is 11.5 Å². The van der Waals surface area contributed by atoms with Crippen molar-refractivity contribution in [3.63, 3.8) is 0 Å². The van der Waals surface area contributed by atoms with Crippen molar-refractivity contribution in [1.82, 2.24) is 10.2 Å². The summed E-state index contributed by atoms with van der Waals surface area (Å²) in [5.41, 5.74) is 0. The lowest BCUT2D eigenvalue weighted by Gasteiger charge is -2.36. The molecule has 1 aromatic rings. The van der Waals surface area contributed by atoms with E-state index in [0.29, 0.717) is 11.7 Å². The van der Waals surface area contributed by atoms with Gasteiger partial charge in [0, 0.05) is 12.6 Å². The van der Waals surface area contributed by atoms with Gasteiger partial charge in [-0.05, 0) is 69.0 Å². The highest BCUT2D eigenvalue weighted by atomic mass is 16.5. The van der Waals surface area contributed by atoms with Gasteiger partial charge >= 0.3 is 0 Å². The maximum absolute atomic E-state index is 12.0. The average Bonchev–Trinajstić information content (AvgIpc) is 3.20. The first-order valence-corrected chi connectivity index (χ1v) is 9.52. The second kappa shape index (κ2) is 9.09. The predicted octanol–water partition coefficient (Wildman–Crippen LogP) is 2.84. The van der Waals surface area contributed by atoms with Gasteiger partial charge in [-0.25, -0.2) is 0 Å². The highest BCUT2D eigenvalue weighted by molar-refractivity contribution is 5.77. The number of piperidine rings is 1. The summed E-state index contributed by atoms with van der Waals surface area (Å²) in [5.74, 6) is 2.01. The van der Waals surface area contributed by atoms with E-state index in [4.69, 9.17) is 9.47 Å². The SMILES string of the molecule is COc1ccc(OCC(=O)NCC2CCN(C3CCCC3)CC2)cc1. The summed E-state index contributed by atoms with van der Waals surface area (Å²) in [6, 6.07) is 8.10. The van der Waals surface area contributed by atoms with Crippen molar-refractivity contribution < 1.29 is 14.3 Å². The zero-order valence-electron chi connectivity index (χ0n) is 15.2. The molecular formula is C20H30N2O3. The Hall–Kier alpha value is -1.75. The predicted molar refractivity (Wildman–Crippen MR) is 98.1 cm³/mol. The topological polar surface area (TPSA) is 50.8 Å². The fourth-order valence-corrected chi connectivity index (χ4v) is 3.92. The lowest BCUT2D eigenvalue weighted by atomic mass is 9.95. The van der Waals surface area contributed by atoms with E-state index < -0.39 is 0 Å². The first-order chi connectivity index (χ1) is 12.2. The molecule has 2 fully saturated rings. The maximum atomic E-state index is 12.0. The molecule has 0 atom stereocenters. The van der Waals surface area contributed by atoms with Crippen molar-refractivity contribution in [3.8, 4) is 11.5 Å². The molecule has 0 radical (unpaired) electrons. The van der Waals surface area contributed by atoms with Crippen LogP contribution in [0.4, 0.5) is 0 Å². The van der Waals surface area contributed by atoms with Crippen LogP contribution in [0.1, 0.15) is 38.5 Å². The Morgan fingerprint density at radius 2 is 1.72 bits per heavy atom. The molecule has 1 saturated heterocycles. The Balaban J connectivity index is 1.31. The highest BCUT2D eigenvalue weighted by Crippen LogP contribution is 2.27. The molecule has 138 valence electrons. The van der Waals surface area contributed by atoms with Crippen LogP contribution in [0.25, 0.3) is 0 Å². The molecule has 1 heterocycles. The van der Waals surface area contributed by atoms with E-state index >= 15 is 0 Å². The monoisotopic (exact) mass is 346 g/mol. The molecule has 0 unspecified atom stereocenters. The quantitative estimate of drug-likeness (QED) is 0.825. The number of hydrogen-bond acceptors (Lipinski definition) is 4. The van der Waals surface area contributed by atoms with Gasteiger partial charge in [-0.3, -0.25) is 4.79 Å². The van der Waals surface area contributed by atoms with Gasteiger partial charge in [0.15, 0.2) is 6.61 Å². The first kappa shape index (κ1) is 18.1. The second-order valence-corrected chi connectivity index (χ2v) is 7.19. The van der Waals surface area contributed by atoms with Gasteiger partial charge in [0.2, 0.25) is 0 Å². The largest absolute Gasteiger partial charge is 0.497 e. The lowest BCUT2D eigenvalue weighted by Crippen LogP contribution is -2.43. The number of methoxy groups -OCH3 is 1. The number of hydrogen-bond donors (Lipinski definition) is 1. The van der Waals surface area contributed by atoms with E-state index in [1.807, 2.05) is 24.3 Å². The van der Waals surface area contributed by atoms with Crippen LogP contribution in [-0.4, -0.2) is 50.2 Å². The Morgan fingerprint density at radius 1 is 1.08 bits per heavy atom. The number of ether oxygens (including phenoxy) is 2. The van der Waals surface area contributed by atoms with Crippen LogP contribution in [0, 0.1) is 5.92 Å². The summed E-state index contributed by atoms with van der Waals surface area (Å²) in [6.07, 6.45) is 7.93. The van der Waals surface area contributed by atoms with Crippen molar-refractivity contribution in [3.05, 3.63) is 24.3 Å². The summed E-state index contributed by atoms with van der Waals surface area (Å²) in [6.45, 7) is 3.21. The molecule has 5 heteroatoms. The number of carbonyl (C=O) groups is 1. The molecule has 3 rings (SSSR count). The molecule has 1 aliphatic carbocycles. The van der Waals surface area contributed by atoms with Crippen molar-refractivity contribution in [2.24, 2.45) is 5.92 Å². The van der Waals surface area contributed by atoms with Crippen molar-refractivity contribution in [1.29, 1.82) is 0 Å². The number of benzene rings is 1. The third-order valence-electron chi connectivity index (χ3n) is 5.51. The minimum atomic E-state index is -0.0472. The minimum absolute atomic E-state index is 0.0472. The number of nitrogens with zero attached hydrogens (tertiary/aromatic N) is 1. The Bertz CT molecular complexity index is 532. The van der Waals surface area contributed by atoms with Crippen LogP contribution >= 0.6 is 0 Å². The zero-order valence-corrected chi connectivity index (χ0v) is 15.2. The number of nitrogens with one attached hydrogen (secondary N) is 1. The van der Waals surface area contributed by atoms with Crippen LogP contribution < -0.4 is 14.8 Å². The van der Waals surface area contributed by atoms with E-state index in [1.165, 1.54) is 51.6 Å². The molecule has 0 aromatic heterocycles. The smallest absolute Gasteiger partial charge is 0.257 e. The molecule has 1 amide bonds. The summed E-state index contributed by atoms with van der Waals surface area (Å²) in [5, 5.41) is 3.02. The summed E-state index contributed by atoms with van der Waals surface area (Å²) >= 11 is 0. The van der Waals surface area contributed by atoms with E-state index in [-0.39, 0.29) is 12.5 Å². The summed E-state index contributed by atoms with van der Waals surface area (Å²) in [7, 11) is 1.63. The van der Waals surface area contributed by atoms with Crippen LogP contribution in [0.2, 0.25) is 0 Å². The number of likely N-dealkylation sites (tertiary alicyclic amines) is 1. The Morgan fingerprint density at radius 3 is 2.36 bits per heavy atom.